The molecule has 0 aromatic carbocycles. The first-order chi connectivity index (χ1) is 7.26. The summed E-state index contributed by atoms with van der Waals surface area (Å²) in [5, 5.41) is 12.1. The zero-order valence-corrected chi connectivity index (χ0v) is 9.91. The standard InChI is InChI=1S/C11H24N2O2/c1-12-10(5-6-14)8-13(2)9-11-4-3-7-15-11/h10-12,14H,3-9H2,1-2H3. The molecule has 0 saturated carbocycles. The van der Waals surface area contributed by atoms with Crippen molar-refractivity contribution in [3.05, 3.63) is 0 Å². The Morgan fingerprint density at radius 2 is 2.40 bits per heavy atom. The quantitative estimate of drug-likeness (QED) is 0.632. The van der Waals surface area contributed by atoms with Crippen LogP contribution in [0.15, 0.2) is 0 Å². The number of aliphatic hydroxyl groups excluding tert-OH is 1. The lowest BCUT2D eigenvalue weighted by atomic mass is 10.2. The van der Waals surface area contributed by atoms with E-state index in [4.69, 9.17) is 9.84 Å². The van der Waals surface area contributed by atoms with E-state index in [1.165, 1.54) is 12.8 Å². The van der Waals surface area contributed by atoms with E-state index in [9.17, 15) is 0 Å². The van der Waals surface area contributed by atoms with Crippen LogP contribution in [0, 0.1) is 0 Å². The van der Waals surface area contributed by atoms with Gasteiger partial charge in [0.25, 0.3) is 0 Å². The zero-order chi connectivity index (χ0) is 11.1. The summed E-state index contributed by atoms with van der Waals surface area (Å²) in [4.78, 5) is 2.28. The first-order valence-electron chi connectivity index (χ1n) is 5.84. The molecule has 1 heterocycles. The third-order valence-corrected chi connectivity index (χ3v) is 2.96. The number of hydrogen-bond donors (Lipinski definition) is 2. The highest BCUT2D eigenvalue weighted by molar-refractivity contribution is 4.73. The molecule has 4 heteroatoms. The number of hydrogen-bond acceptors (Lipinski definition) is 4. The van der Waals surface area contributed by atoms with Gasteiger partial charge in [0.15, 0.2) is 0 Å². The van der Waals surface area contributed by atoms with Gasteiger partial charge in [-0.3, -0.25) is 0 Å². The van der Waals surface area contributed by atoms with Crippen LogP contribution < -0.4 is 5.32 Å². The van der Waals surface area contributed by atoms with Crippen molar-refractivity contribution >= 4 is 0 Å². The number of nitrogens with one attached hydrogen (secondary N) is 1. The third kappa shape index (κ3) is 4.93. The van der Waals surface area contributed by atoms with Crippen molar-refractivity contribution in [3.63, 3.8) is 0 Å². The van der Waals surface area contributed by atoms with Gasteiger partial charge in [0, 0.05) is 32.3 Å². The van der Waals surface area contributed by atoms with E-state index in [0.717, 1.165) is 26.1 Å². The van der Waals surface area contributed by atoms with Gasteiger partial charge in [-0.2, -0.15) is 0 Å². The summed E-state index contributed by atoms with van der Waals surface area (Å²) in [5.41, 5.74) is 0. The molecule has 0 bridgehead atoms. The van der Waals surface area contributed by atoms with Gasteiger partial charge in [0.1, 0.15) is 0 Å². The molecule has 1 fully saturated rings. The number of likely N-dealkylation sites (N-methyl/N-ethyl adjacent to an activating group) is 2. The Balaban J connectivity index is 2.17. The van der Waals surface area contributed by atoms with Crippen LogP contribution in [0.25, 0.3) is 0 Å². The molecule has 1 rings (SSSR count). The molecular formula is C11H24N2O2. The lowest BCUT2D eigenvalue weighted by molar-refractivity contribution is 0.0776. The Morgan fingerprint density at radius 1 is 1.60 bits per heavy atom. The predicted molar refractivity (Wildman–Crippen MR) is 61.0 cm³/mol. The van der Waals surface area contributed by atoms with Gasteiger partial charge < -0.3 is 20.1 Å². The van der Waals surface area contributed by atoms with Gasteiger partial charge >= 0.3 is 0 Å². The van der Waals surface area contributed by atoms with Crippen molar-refractivity contribution in [3.8, 4) is 0 Å². The number of nitrogens with zero attached hydrogens (tertiary/aromatic N) is 1. The van der Waals surface area contributed by atoms with Gasteiger partial charge in [-0.1, -0.05) is 0 Å². The summed E-state index contributed by atoms with van der Waals surface area (Å²) >= 11 is 0. The summed E-state index contributed by atoms with van der Waals surface area (Å²) in [6.07, 6.45) is 3.62. The average Bonchev–Trinajstić information content (AvgIpc) is 2.69. The Labute approximate surface area is 92.6 Å². The van der Waals surface area contributed by atoms with Crippen molar-refractivity contribution < 1.29 is 9.84 Å². The molecule has 1 aliphatic rings. The molecule has 15 heavy (non-hydrogen) atoms. The van der Waals surface area contributed by atoms with E-state index in [0.29, 0.717) is 12.1 Å². The van der Waals surface area contributed by atoms with Gasteiger partial charge in [-0.05, 0) is 33.4 Å². The Morgan fingerprint density at radius 3 is 2.93 bits per heavy atom. The highest BCUT2D eigenvalue weighted by Gasteiger charge is 2.18. The zero-order valence-electron chi connectivity index (χ0n) is 9.91. The number of ether oxygens (including phenoxy) is 1. The molecule has 0 spiro atoms. The van der Waals surface area contributed by atoms with Crippen molar-refractivity contribution in [1.29, 1.82) is 0 Å². The van der Waals surface area contributed by atoms with E-state index in [-0.39, 0.29) is 6.61 Å². The number of aliphatic hydroxyl groups is 1. The first-order valence-corrected chi connectivity index (χ1v) is 5.84. The maximum absolute atomic E-state index is 8.88. The van der Waals surface area contributed by atoms with Gasteiger partial charge in [0.2, 0.25) is 0 Å². The lowest BCUT2D eigenvalue weighted by Crippen LogP contribution is -2.41. The van der Waals surface area contributed by atoms with Crippen LogP contribution in [0.5, 0.6) is 0 Å². The van der Waals surface area contributed by atoms with Crippen LogP contribution in [-0.4, -0.2) is 62.6 Å². The molecule has 4 nitrogen and oxygen atoms in total. The number of rotatable bonds is 7. The van der Waals surface area contributed by atoms with Crippen LogP contribution in [0.1, 0.15) is 19.3 Å². The fourth-order valence-electron chi connectivity index (χ4n) is 2.07. The molecule has 0 radical (unpaired) electrons. The van der Waals surface area contributed by atoms with Gasteiger partial charge in [-0.25, -0.2) is 0 Å². The smallest absolute Gasteiger partial charge is 0.0702 e. The van der Waals surface area contributed by atoms with E-state index in [1.807, 2.05) is 7.05 Å². The lowest BCUT2D eigenvalue weighted by Gasteiger charge is -2.25. The maximum Gasteiger partial charge on any atom is 0.0702 e. The Bertz CT molecular complexity index is 161. The SMILES string of the molecule is CNC(CCO)CN(C)CC1CCCO1. The van der Waals surface area contributed by atoms with Crippen LogP contribution in [0.2, 0.25) is 0 Å². The fourth-order valence-corrected chi connectivity index (χ4v) is 2.07. The largest absolute Gasteiger partial charge is 0.396 e. The second-order valence-corrected chi connectivity index (χ2v) is 4.35. The van der Waals surface area contributed by atoms with Crippen molar-refractivity contribution in [2.75, 3.05) is 40.4 Å². The molecule has 1 aliphatic heterocycles. The highest BCUT2D eigenvalue weighted by Crippen LogP contribution is 2.12. The average molecular weight is 216 g/mol. The summed E-state index contributed by atoms with van der Waals surface area (Å²) in [7, 11) is 4.06. The summed E-state index contributed by atoms with van der Waals surface area (Å²) < 4.78 is 5.59. The topological polar surface area (TPSA) is 44.7 Å². The van der Waals surface area contributed by atoms with Gasteiger partial charge in [0.05, 0.1) is 6.10 Å². The molecule has 0 amide bonds. The summed E-state index contributed by atoms with van der Waals surface area (Å²) in [5.74, 6) is 0. The highest BCUT2D eigenvalue weighted by atomic mass is 16.5. The minimum atomic E-state index is 0.249. The molecule has 2 N–H and O–H groups in total. The van der Waals surface area contributed by atoms with Crippen molar-refractivity contribution in [2.24, 2.45) is 0 Å². The Kier molecular flexibility index (Phi) is 6.17. The summed E-state index contributed by atoms with van der Waals surface area (Å²) in [6.45, 7) is 3.14. The van der Waals surface area contributed by atoms with Crippen LogP contribution >= 0.6 is 0 Å². The molecule has 2 atom stereocenters. The predicted octanol–water partition coefficient (Wildman–Crippen LogP) is 0.0676. The van der Waals surface area contributed by atoms with Crippen molar-refractivity contribution in [2.45, 2.75) is 31.4 Å². The fraction of sp³-hybridized carbons (Fsp3) is 1.00. The van der Waals surface area contributed by atoms with E-state index in [1.54, 1.807) is 0 Å². The van der Waals surface area contributed by atoms with Crippen LogP contribution in [-0.2, 0) is 4.74 Å². The van der Waals surface area contributed by atoms with E-state index < -0.39 is 0 Å². The molecule has 0 aliphatic carbocycles. The van der Waals surface area contributed by atoms with E-state index >= 15 is 0 Å². The summed E-state index contributed by atoms with van der Waals surface area (Å²) in [6, 6.07) is 0.376. The van der Waals surface area contributed by atoms with E-state index in [2.05, 4.69) is 17.3 Å². The van der Waals surface area contributed by atoms with Gasteiger partial charge in [-0.15, -0.1) is 0 Å². The molecule has 90 valence electrons. The van der Waals surface area contributed by atoms with Crippen LogP contribution in [0.3, 0.4) is 0 Å². The second-order valence-electron chi connectivity index (χ2n) is 4.35. The molecule has 0 aromatic rings. The minimum Gasteiger partial charge on any atom is -0.396 e. The first kappa shape index (κ1) is 12.9. The normalized spacial score (nSPS) is 23.6. The molecule has 1 saturated heterocycles. The molecule has 0 aromatic heterocycles. The maximum atomic E-state index is 8.88. The minimum absolute atomic E-state index is 0.249. The van der Waals surface area contributed by atoms with Crippen molar-refractivity contribution in [1.82, 2.24) is 10.2 Å². The monoisotopic (exact) mass is 216 g/mol. The molecule has 2 unspecified atom stereocenters. The Hall–Kier alpha value is -0.160. The second kappa shape index (κ2) is 7.17. The third-order valence-electron chi connectivity index (χ3n) is 2.96. The molecular weight excluding hydrogens is 192 g/mol. The van der Waals surface area contributed by atoms with Crippen LogP contribution in [0.4, 0.5) is 0 Å².